The van der Waals surface area contributed by atoms with Gasteiger partial charge in [-0.3, -0.25) is 9.59 Å². The normalized spacial score (nSPS) is 10.9. The Hall–Kier alpha value is -2.02. The van der Waals surface area contributed by atoms with Crippen LogP contribution in [0.3, 0.4) is 0 Å². The van der Waals surface area contributed by atoms with Gasteiger partial charge < -0.3 is 9.88 Å². The number of hydrogen-bond donors (Lipinski definition) is 1. The molecule has 0 aliphatic heterocycles. The van der Waals surface area contributed by atoms with E-state index in [2.05, 4.69) is 14.9 Å². The Morgan fingerprint density at radius 3 is 2.86 bits per heavy atom. The summed E-state index contributed by atoms with van der Waals surface area (Å²) in [6.45, 7) is 6.78. The highest BCUT2D eigenvalue weighted by Crippen LogP contribution is 2.19. The smallest absolute Gasteiger partial charge is 0.250 e. The molecule has 2 aromatic rings. The van der Waals surface area contributed by atoms with Crippen molar-refractivity contribution in [2.75, 3.05) is 0 Å². The fraction of sp³-hybridized carbons (Fsp3) is 0.467. The fourth-order valence-electron chi connectivity index (χ4n) is 2.17. The Morgan fingerprint density at radius 2 is 2.18 bits per heavy atom. The molecule has 7 heteroatoms. The van der Waals surface area contributed by atoms with Gasteiger partial charge in [0.1, 0.15) is 0 Å². The van der Waals surface area contributed by atoms with Crippen LogP contribution in [0.15, 0.2) is 23.0 Å². The minimum atomic E-state index is -0.0849. The van der Waals surface area contributed by atoms with Crippen molar-refractivity contribution in [1.82, 2.24) is 19.5 Å². The van der Waals surface area contributed by atoms with Crippen LogP contribution in [0.5, 0.6) is 0 Å². The lowest BCUT2D eigenvalue weighted by atomic mass is 10.1. The maximum atomic E-state index is 12.0. The number of carbonyl (C=O) groups is 1. The second-order valence-corrected chi connectivity index (χ2v) is 6.26. The van der Waals surface area contributed by atoms with Gasteiger partial charge in [0.25, 0.3) is 5.56 Å². The molecule has 2 aromatic heterocycles. The first-order chi connectivity index (χ1) is 10.5. The van der Waals surface area contributed by atoms with Crippen LogP contribution >= 0.6 is 11.5 Å². The summed E-state index contributed by atoms with van der Waals surface area (Å²) in [5, 5.41) is 6.95. The molecule has 118 valence electrons. The Labute approximate surface area is 133 Å². The van der Waals surface area contributed by atoms with Crippen molar-refractivity contribution in [3.05, 3.63) is 44.8 Å². The van der Waals surface area contributed by atoms with Crippen molar-refractivity contribution in [2.45, 2.75) is 46.2 Å². The molecule has 0 fully saturated rings. The second-order valence-electron chi connectivity index (χ2n) is 5.42. The number of amides is 1. The highest BCUT2D eigenvalue weighted by Gasteiger charge is 2.12. The number of nitrogens with one attached hydrogen (secondary N) is 1. The molecule has 2 rings (SSSR count). The van der Waals surface area contributed by atoms with Gasteiger partial charge in [-0.05, 0) is 30.4 Å². The number of hydrogen-bond acceptors (Lipinski definition) is 5. The zero-order valence-electron chi connectivity index (χ0n) is 13.0. The van der Waals surface area contributed by atoms with Crippen molar-refractivity contribution in [1.29, 1.82) is 0 Å². The molecule has 0 aliphatic carbocycles. The monoisotopic (exact) mass is 320 g/mol. The Kier molecular flexibility index (Phi) is 5.43. The minimum Gasteiger partial charge on any atom is -0.351 e. The molecule has 0 aromatic carbocycles. The first-order valence-corrected chi connectivity index (χ1v) is 8.00. The molecule has 6 nitrogen and oxygen atoms in total. The van der Waals surface area contributed by atoms with Crippen molar-refractivity contribution in [3.63, 3.8) is 0 Å². The molecular formula is C15H20N4O2S. The van der Waals surface area contributed by atoms with Crippen LogP contribution < -0.4 is 10.9 Å². The van der Waals surface area contributed by atoms with Crippen molar-refractivity contribution >= 4 is 17.4 Å². The van der Waals surface area contributed by atoms with Crippen LogP contribution in [0.1, 0.15) is 42.5 Å². The van der Waals surface area contributed by atoms with E-state index in [1.165, 1.54) is 17.6 Å². The van der Waals surface area contributed by atoms with Crippen molar-refractivity contribution in [3.8, 4) is 0 Å². The van der Waals surface area contributed by atoms with E-state index in [9.17, 15) is 9.59 Å². The Morgan fingerprint density at radius 1 is 1.41 bits per heavy atom. The summed E-state index contributed by atoms with van der Waals surface area (Å²) in [6, 6.07) is 5.08. The lowest BCUT2D eigenvalue weighted by Gasteiger charge is -2.10. The van der Waals surface area contributed by atoms with Crippen LogP contribution in [-0.4, -0.2) is 20.1 Å². The molecule has 22 heavy (non-hydrogen) atoms. The molecule has 0 bridgehead atoms. The molecule has 1 amide bonds. The molecular weight excluding hydrogens is 300 g/mol. The lowest BCUT2D eigenvalue weighted by Crippen LogP contribution is -2.27. The predicted octanol–water partition coefficient (Wildman–Crippen LogP) is 1.84. The number of carbonyl (C=O) groups excluding carboxylic acids is 1. The molecule has 2 heterocycles. The Bertz CT molecular complexity index is 706. The number of aryl methyl sites for hydroxylation is 1. The van der Waals surface area contributed by atoms with Crippen LogP contribution in [0, 0.1) is 6.92 Å². The van der Waals surface area contributed by atoms with Crippen molar-refractivity contribution in [2.24, 2.45) is 0 Å². The average Bonchev–Trinajstić information content (AvgIpc) is 2.93. The van der Waals surface area contributed by atoms with E-state index in [0.717, 1.165) is 16.3 Å². The van der Waals surface area contributed by atoms with E-state index in [4.69, 9.17) is 0 Å². The third-order valence-corrected chi connectivity index (χ3v) is 4.15. The van der Waals surface area contributed by atoms with Crippen molar-refractivity contribution < 1.29 is 4.79 Å². The number of nitrogens with zero attached hydrogens (tertiary/aromatic N) is 3. The standard InChI is InChI=1S/C15H20N4O2S/c1-10(2)15-12(22-18-17-15)9-16-13(20)7-8-19-11(3)5-4-6-14(19)21/h4-6,10H,7-9H2,1-3H3,(H,16,20). The van der Waals surface area contributed by atoms with E-state index in [1.807, 2.05) is 26.8 Å². The van der Waals surface area contributed by atoms with E-state index in [1.54, 1.807) is 10.6 Å². The maximum absolute atomic E-state index is 12.0. The van der Waals surface area contributed by atoms with E-state index >= 15 is 0 Å². The number of aromatic nitrogens is 3. The molecule has 0 saturated heterocycles. The summed E-state index contributed by atoms with van der Waals surface area (Å²) in [5.74, 6) is 0.203. The summed E-state index contributed by atoms with van der Waals surface area (Å²) in [7, 11) is 0. The second kappa shape index (κ2) is 7.31. The SMILES string of the molecule is Cc1cccc(=O)n1CCC(=O)NCc1snnc1C(C)C. The van der Waals surface area contributed by atoms with Gasteiger partial charge in [-0.15, -0.1) is 5.10 Å². The van der Waals surface area contributed by atoms with Gasteiger partial charge in [0.05, 0.1) is 17.1 Å². The third-order valence-electron chi connectivity index (χ3n) is 3.41. The van der Waals surface area contributed by atoms with Gasteiger partial charge in [-0.1, -0.05) is 24.4 Å². The van der Waals surface area contributed by atoms with Gasteiger partial charge in [-0.25, -0.2) is 0 Å². The van der Waals surface area contributed by atoms with Gasteiger partial charge in [-0.2, -0.15) is 0 Å². The molecule has 0 aliphatic rings. The lowest BCUT2D eigenvalue weighted by molar-refractivity contribution is -0.121. The number of rotatable bonds is 6. The topological polar surface area (TPSA) is 76.9 Å². The average molecular weight is 320 g/mol. The minimum absolute atomic E-state index is 0.0819. The molecule has 0 spiro atoms. The van der Waals surface area contributed by atoms with Crippen LogP contribution in [0.4, 0.5) is 0 Å². The Balaban J connectivity index is 1.89. The quantitative estimate of drug-likeness (QED) is 0.881. The highest BCUT2D eigenvalue weighted by molar-refractivity contribution is 7.05. The third kappa shape index (κ3) is 4.00. The van der Waals surface area contributed by atoms with E-state index in [-0.39, 0.29) is 23.8 Å². The van der Waals surface area contributed by atoms with E-state index < -0.39 is 0 Å². The van der Waals surface area contributed by atoms with Gasteiger partial charge in [0, 0.05) is 24.7 Å². The molecule has 0 radical (unpaired) electrons. The predicted molar refractivity (Wildman–Crippen MR) is 85.9 cm³/mol. The summed E-state index contributed by atoms with van der Waals surface area (Å²) in [6.07, 6.45) is 0.272. The van der Waals surface area contributed by atoms with Gasteiger partial charge in [0.15, 0.2) is 0 Å². The zero-order chi connectivity index (χ0) is 16.1. The summed E-state index contributed by atoms with van der Waals surface area (Å²) in [5.41, 5.74) is 1.70. The maximum Gasteiger partial charge on any atom is 0.250 e. The first kappa shape index (κ1) is 16.4. The molecule has 0 unspecified atom stereocenters. The fourth-order valence-corrected chi connectivity index (χ4v) is 2.90. The van der Waals surface area contributed by atoms with Crippen LogP contribution in [0.2, 0.25) is 0 Å². The summed E-state index contributed by atoms with van der Waals surface area (Å²) < 4.78 is 5.54. The van der Waals surface area contributed by atoms with Gasteiger partial charge >= 0.3 is 0 Å². The first-order valence-electron chi connectivity index (χ1n) is 7.23. The highest BCUT2D eigenvalue weighted by atomic mass is 32.1. The molecule has 0 saturated carbocycles. The molecule has 0 atom stereocenters. The summed E-state index contributed by atoms with van der Waals surface area (Å²) in [4.78, 5) is 24.7. The van der Waals surface area contributed by atoms with Crippen LogP contribution in [0.25, 0.3) is 0 Å². The van der Waals surface area contributed by atoms with Gasteiger partial charge in [0.2, 0.25) is 5.91 Å². The van der Waals surface area contributed by atoms with Crippen LogP contribution in [-0.2, 0) is 17.9 Å². The molecule has 1 N–H and O–H groups in total. The number of pyridine rings is 1. The summed E-state index contributed by atoms with van der Waals surface area (Å²) >= 11 is 1.31. The largest absolute Gasteiger partial charge is 0.351 e. The zero-order valence-corrected chi connectivity index (χ0v) is 13.8. The van der Waals surface area contributed by atoms with E-state index in [0.29, 0.717) is 13.1 Å².